The normalized spacial score (nSPS) is 11.6. The molecule has 0 unspecified atom stereocenters. The summed E-state index contributed by atoms with van der Waals surface area (Å²) in [7, 11) is 1.65. The van der Waals surface area contributed by atoms with E-state index in [0.29, 0.717) is 11.5 Å². The van der Waals surface area contributed by atoms with Crippen molar-refractivity contribution >= 4 is 28.2 Å². The van der Waals surface area contributed by atoms with Crippen LogP contribution < -0.4 is 15.4 Å². The highest BCUT2D eigenvalue weighted by atomic mass is 32.1. The second kappa shape index (κ2) is 9.83. The van der Waals surface area contributed by atoms with Crippen LogP contribution in [0.5, 0.6) is 5.75 Å². The van der Waals surface area contributed by atoms with Gasteiger partial charge in [-0.05, 0) is 62.7 Å². The summed E-state index contributed by atoms with van der Waals surface area (Å²) in [6, 6.07) is 20.8. The van der Waals surface area contributed by atoms with Crippen molar-refractivity contribution < 1.29 is 9.53 Å². The van der Waals surface area contributed by atoms with Gasteiger partial charge in [0.25, 0.3) is 5.91 Å². The predicted octanol–water partition coefficient (Wildman–Crippen LogP) is 5.93. The smallest absolute Gasteiger partial charge is 0.256 e. The third kappa shape index (κ3) is 5.38. The number of thiophene rings is 1. The number of aromatic nitrogens is 2. The van der Waals surface area contributed by atoms with E-state index in [1.165, 1.54) is 0 Å². The molecule has 4 aromatic rings. The van der Waals surface area contributed by atoms with Crippen molar-refractivity contribution in [3.05, 3.63) is 99.7 Å². The number of nitrogens with zero attached hydrogens (tertiary/aromatic N) is 2. The fourth-order valence-corrected chi connectivity index (χ4v) is 4.61. The molecule has 0 radical (unpaired) electrons. The Labute approximate surface area is 197 Å². The van der Waals surface area contributed by atoms with Gasteiger partial charge < -0.3 is 15.4 Å². The second-order valence-corrected chi connectivity index (χ2v) is 9.04. The molecule has 4 rings (SSSR count). The van der Waals surface area contributed by atoms with Gasteiger partial charge in [0, 0.05) is 27.4 Å². The van der Waals surface area contributed by atoms with Crippen LogP contribution in [0.1, 0.15) is 43.8 Å². The zero-order valence-corrected chi connectivity index (χ0v) is 19.9. The van der Waals surface area contributed by atoms with Gasteiger partial charge in [0.2, 0.25) is 5.95 Å². The monoisotopic (exact) mass is 458 g/mol. The first kappa shape index (κ1) is 22.5. The summed E-state index contributed by atoms with van der Waals surface area (Å²) < 4.78 is 5.33. The molecule has 0 spiro atoms. The number of rotatable bonds is 7. The molecule has 33 heavy (non-hydrogen) atoms. The molecule has 7 heteroatoms. The topological polar surface area (TPSA) is 76.1 Å². The van der Waals surface area contributed by atoms with Crippen molar-refractivity contribution in [2.24, 2.45) is 0 Å². The van der Waals surface area contributed by atoms with Crippen molar-refractivity contribution in [3.63, 3.8) is 0 Å². The number of hydrogen-bond acceptors (Lipinski definition) is 6. The van der Waals surface area contributed by atoms with Gasteiger partial charge in [0.05, 0.1) is 13.2 Å². The van der Waals surface area contributed by atoms with E-state index in [1.54, 1.807) is 30.6 Å². The molecule has 0 aliphatic heterocycles. The Kier molecular flexibility index (Phi) is 6.70. The van der Waals surface area contributed by atoms with Gasteiger partial charge in [-0.15, -0.1) is 11.3 Å². The molecule has 0 bridgehead atoms. The van der Waals surface area contributed by atoms with E-state index in [1.807, 2.05) is 69.3 Å². The van der Waals surface area contributed by atoms with Crippen molar-refractivity contribution in [1.29, 1.82) is 0 Å². The lowest BCUT2D eigenvalue weighted by Gasteiger charge is -2.21. The van der Waals surface area contributed by atoms with Crippen LogP contribution in [0.3, 0.4) is 0 Å². The number of anilines is 2. The number of carbonyl (C=O) groups is 1. The third-order valence-electron chi connectivity index (χ3n) is 5.16. The molecule has 0 aliphatic carbocycles. The van der Waals surface area contributed by atoms with E-state index in [2.05, 4.69) is 26.7 Å². The Morgan fingerprint density at radius 1 is 0.939 bits per heavy atom. The number of methoxy groups -OCH3 is 1. The first-order valence-electron chi connectivity index (χ1n) is 10.6. The molecule has 2 N–H and O–H groups in total. The van der Waals surface area contributed by atoms with E-state index < -0.39 is 0 Å². The average Bonchev–Trinajstić information content (AvgIpc) is 3.17. The fourth-order valence-electron chi connectivity index (χ4n) is 3.67. The van der Waals surface area contributed by atoms with Gasteiger partial charge in [0.1, 0.15) is 10.8 Å². The molecule has 0 saturated carbocycles. The Balaban J connectivity index is 1.74. The first-order chi connectivity index (χ1) is 15.9. The molecule has 1 atom stereocenters. The minimum atomic E-state index is -0.270. The molecule has 2 aromatic carbocycles. The van der Waals surface area contributed by atoms with E-state index in [0.717, 1.165) is 38.1 Å². The third-order valence-corrected chi connectivity index (χ3v) is 6.14. The maximum atomic E-state index is 12.9. The molecule has 168 valence electrons. The number of benzene rings is 2. The minimum Gasteiger partial charge on any atom is -0.497 e. The predicted molar refractivity (Wildman–Crippen MR) is 133 cm³/mol. The summed E-state index contributed by atoms with van der Waals surface area (Å²) in [6.45, 7) is 5.93. The van der Waals surface area contributed by atoms with Crippen LogP contribution in [0.15, 0.2) is 66.7 Å². The molecule has 0 fully saturated rings. The van der Waals surface area contributed by atoms with E-state index in [9.17, 15) is 4.79 Å². The molecule has 1 amide bonds. The van der Waals surface area contributed by atoms with Crippen LogP contribution in [-0.4, -0.2) is 23.0 Å². The highest BCUT2D eigenvalue weighted by Gasteiger charge is 2.23. The van der Waals surface area contributed by atoms with Gasteiger partial charge >= 0.3 is 0 Å². The Bertz CT molecular complexity index is 1230. The summed E-state index contributed by atoms with van der Waals surface area (Å²) in [5.74, 6) is 1.17. The number of ether oxygens (including phenoxy) is 1. The van der Waals surface area contributed by atoms with Crippen molar-refractivity contribution in [2.75, 3.05) is 17.7 Å². The highest BCUT2D eigenvalue weighted by Crippen LogP contribution is 2.38. The lowest BCUT2D eigenvalue weighted by molar-refractivity contribution is 0.102. The van der Waals surface area contributed by atoms with Gasteiger partial charge in [-0.1, -0.05) is 30.3 Å². The van der Waals surface area contributed by atoms with Gasteiger partial charge in [0.15, 0.2) is 0 Å². The van der Waals surface area contributed by atoms with Crippen LogP contribution in [0.2, 0.25) is 0 Å². The zero-order chi connectivity index (χ0) is 23.4. The van der Waals surface area contributed by atoms with Crippen molar-refractivity contribution in [3.8, 4) is 5.75 Å². The molecule has 2 heterocycles. The molecule has 6 nitrogen and oxygen atoms in total. The van der Waals surface area contributed by atoms with Gasteiger partial charge in [-0.25, -0.2) is 9.97 Å². The number of aryl methyl sites for hydroxylation is 3. The lowest BCUT2D eigenvalue weighted by atomic mass is 10.00. The van der Waals surface area contributed by atoms with E-state index in [-0.39, 0.29) is 11.9 Å². The van der Waals surface area contributed by atoms with Crippen LogP contribution in [0, 0.1) is 20.8 Å². The summed E-state index contributed by atoms with van der Waals surface area (Å²) in [5.41, 5.74) is 4.34. The van der Waals surface area contributed by atoms with Crippen LogP contribution in [-0.2, 0) is 0 Å². The fraction of sp³-hybridized carbons (Fsp3) is 0.192. The average molecular weight is 459 g/mol. The molecule has 0 saturated heterocycles. The SMILES string of the molecule is COc1ccc([C@H](Nc2nc(C)cc(C)n2)c2cc(C)sc2NC(=O)c2ccccc2)cc1. The van der Waals surface area contributed by atoms with Crippen LogP contribution in [0.25, 0.3) is 0 Å². The zero-order valence-electron chi connectivity index (χ0n) is 19.0. The molecule has 2 aromatic heterocycles. The van der Waals surface area contributed by atoms with Gasteiger partial charge in [-0.3, -0.25) is 4.79 Å². The second-order valence-electron chi connectivity index (χ2n) is 7.79. The Morgan fingerprint density at radius 3 is 2.24 bits per heavy atom. The van der Waals surface area contributed by atoms with Gasteiger partial charge in [-0.2, -0.15) is 0 Å². The molecular formula is C26H26N4O2S. The number of nitrogens with one attached hydrogen (secondary N) is 2. The van der Waals surface area contributed by atoms with E-state index in [4.69, 9.17) is 4.74 Å². The van der Waals surface area contributed by atoms with E-state index >= 15 is 0 Å². The molecule has 0 aliphatic rings. The number of carbonyl (C=O) groups excluding carboxylic acids is 1. The van der Waals surface area contributed by atoms with Crippen LogP contribution in [0.4, 0.5) is 10.9 Å². The maximum Gasteiger partial charge on any atom is 0.256 e. The van der Waals surface area contributed by atoms with Crippen molar-refractivity contribution in [1.82, 2.24) is 9.97 Å². The quantitative estimate of drug-likeness (QED) is 0.359. The standard InChI is InChI=1S/C26H26N4O2S/c1-16-14-17(2)28-26(27-16)29-23(19-10-12-21(32-4)13-11-19)22-15-18(3)33-25(22)30-24(31)20-8-6-5-7-9-20/h5-15,23H,1-4H3,(H,30,31)(H,27,28,29)/t23-/m0/s1. The number of hydrogen-bond donors (Lipinski definition) is 2. The summed E-state index contributed by atoms with van der Waals surface area (Å²) in [6.07, 6.45) is 0. The Hall–Kier alpha value is -3.71. The lowest BCUT2D eigenvalue weighted by Crippen LogP contribution is -2.18. The summed E-state index contributed by atoms with van der Waals surface area (Å²) >= 11 is 1.55. The summed E-state index contributed by atoms with van der Waals surface area (Å²) in [5, 5.41) is 7.38. The van der Waals surface area contributed by atoms with Crippen molar-refractivity contribution in [2.45, 2.75) is 26.8 Å². The molecular weight excluding hydrogens is 432 g/mol. The largest absolute Gasteiger partial charge is 0.497 e. The first-order valence-corrected chi connectivity index (χ1v) is 11.4. The number of amides is 1. The minimum absolute atomic E-state index is 0.144. The maximum absolute atomic E-state index is 12.9. The van der Waals surface area contributed by atoms with Crippen LogP contribution >= 0.6 is 11.3 Å². The highest BCUT2D eigenvalue weighted by molar-refractivity contribution is 7.16. The Morgan fingerprint density at radius 2 is 1.61 bits per heavy atom. The summed E-state index contributed by atoms with van der Waals surface area (Å²) in [4.78, 5) is 23.1.